The normalized spacial score (nSPS) is 10.7. The van der Waals surface area contributed by atoms with Crippen LogP contribution in [0.2, 0.25) is 0 Å². The van der Waals surface area contributed by atoms with Crippen molar-refractivity contribution in [2.45, 2.75) is 73.6 Å². The molecule has 10 heteroatoms. The maximum Gasteiger partial charge on any atom is 0.338 e. The first-order valence-corrected chi connectivity index (χ1v) is 22.2. The molecule has 0 radical (unpaired) electrons. The van der Waals surface area contributed by atoms with Gasteiger partial charge in [-0.15, -0.1) is 0 Å². The van der Waals surface area contributed by atoms with Gasteiger partial charge in [-0.05, 0) is 99.2 Å². The zero-order chi connectivity index (χ0) is 45.5. The number of carbonyl (C=O) groups is 1. The molecule has 8 rings (SSSR count). The molecule has 0 saturated heterocycles. The Hall–Kier alpha value is -7.59. The lowest BCUT2D eigenvalue weighted by Crippen LogP contribution is -2.09. The monoisotopic (exact) mass is 860 g/mol. The third-order valence-electron chi connectivity index (χ3n) is 10.5. The Labute approximate surface area is 382 Å². The van der Waals surface area contributed by atoms with Crippen molar-refractivity contribution in [2.24, 2.45) is 0 Å². The summed E-state index contributed by atoms with van der Waals surface area (Å²) in [5.41, 5.74) is 13.1. The minimum atomic E-state index is -0.338. The minimum absolute atomic E-state index is 0.338. The standard InChI is InChI=1S/C28H28N4O2.C27H28N4/c1-4-34-27(33)23-11-13-24(14-12-23)29-28-31-25(17-21-9-5-7-19(2)15-21)30-26(32-28)18-22-10-6-8-20(3)16-22;1-4-23-13-5-6-14-24(23)28-27-30-25(17-21-11-7-9-19(2)15-21)29-26(31-27)18-22-12-8-10-20(3)16-22/h5-16H,4,17-18H2,1-3H3,(H,29,30,31,32);5-16H,4,17-18H2,1-3H3,(H,28,29,30,31). The molecule has 2 aromatic heterocycles. The van der Waals surface area contributed by atoms with E-state index in [-0.39, 0.29) is 5.97 Å². The molecule has 0 aliphatic heterocycles. The van der Waals surface area contributed by atoms with E-state index in [9.17, 15) is 4.79 Å². The van der Waals surface area contributed by atoms with Gasteiger partial charge in [0.1, 0.15) is 23.3 Å². The van der Waals surface area contributed by atoms with Gasteiger partial charge in [0.25, 0.3) is 0 Å². The molecule has 8 aromatic rings. The number of nitrogens with zero attached hydrogens (tertiary/aromatic N) is 6. The largest absolute Gasteiger partial charge is 0.462 e. The summed E-state index contributed by atoms with van der Waals surface area (Å²) in [5.74, 6) is 3.70. The number of carbonyl (C=O) groups excluding carboxylic acids is 1. The molecular weight excluding hydrogens is 805 g/mol. The number of para-hydroxylation sites is 1. The molecule has 0 unspecified atom stereocenters. The Kier molecular flexibility index (Phi) is 15.5. The van der Waals surface area contributed by atoms with Crippen LogP contribution in [-0.2, 0) is 36.8 Å². The number of hydrogen-bond acceptors (Lipinski definition) is 10. The second-order valence-electron chi connectivity index (χ2n) is 16.2. The minimum Gasteiger partial charge on any atom is -0.462 e. The van der Waals surface area contributed by atoms with Gasteiger partial charge in [-0.3, -0.25) is 0 Å². The summed E-state index contributed by atoms with van der Waals surface area (Å²) in [5, 5.41) is 6.70. The van der Waals surface area contributed by atoms with Crippen molar-refractivity contribution >= 4 is 29.2 Å². The molecule has 328 valence electrons. The number of benzene rings is 6. The van der Waals surface area contributed by atoms with Gasteiger partial charge < -0.3 is 15.4 Å². The summed E-state index contributed by atoms with van der Waals surface area (Å²) >= 11 is 0. The smallest absolute Gasteiger partial charge is 0.338 e. The lowest BCUT2D eigenvalue weighted by atomic mass is 10.1. The summed E-state index contributed by atoms with van der Waals surface area (Å²) in [7, 11) is 0. The van der Waals surface area contributed by atoms with Crippen LogP contribution in [0.3, 0.4) is 0 Å². The van der Waals surface area contributed by atoms with E-state index in [1.165, 1.54) is 38.9 Å². The number of aromatic nitrogens is 6. The highest BCUT2D eigenvalue weighted by Gasteiger charge is 2.13. The van der Waals surface area contributed by atoms with Crippen LogP contribution in [0, 0.1) is 27.7 Å². The molecular formula is C55H56N8O2. The Morgan fingerprint density at radius 2 is 0.862 bits per heavy atom. The van der Waals surface area contributed by atoms with E-state index in [2.05, 4.69) is 158 Å². The molecule has 0 saturated carbocycles. The van der Waals surface area contributed by atoms with Crippen LogP contribution in [0.4, 0.5) is 23.3 Å². The predicted octanol–water partition coefficient (Wildman–Crippen LogP) is 11.6. The Morgan fingerprint density at radius 3 is 1.25 bits per heavy atom. The molecule has 0 aliphatic rings. The molecule has 0 fully saturated rings. The molecule has 10 nitrogen and oxygen atoms in total. The summed E-state index contributed by atoms with van der Waals surface area (Å²) in [4.78, 5) is 40.3. The van der Waals surface area contributed by atoms with Gasteiger partial charge in [0.2, 0.25) is 11.9 Å². The number of hydrogen-bond donors (Lipinski definition) is 2. The van der Waals surface area contributed by atoms with Crippen molar-refractivity contribution in [3.63, 3.8) is 0 Å². The zero-order valence-corrected chi connectivity index (χ0v) is 38.1. The van der Waals surface area contributed by atoms with Gasteiger partial charge in [0.05, 0.1) is 12.2 Å². The van der Waals surface area contributed by atoms with Crippen LogP contribution in [0.25, 0.3) is 0 Å². The van der Waals surface area contributed by atoms with Crippen molar-refractivity contribution in [1.29, 1.82) is 0 Å². The van der Waals surface area contributed by atoms with E-state index in [1.807, 2.05) is 30.3 Å². The van der Waals surface area contributed by atoms with E-state index >= 15 is 0 Å². The van der Waals surface area contributed by atoms with E-state index in [1.54, 1.807) is 19.1 Å². The average Bonchev–Trinajstić information content (AvgIpc) is 3.27. The molecule has 2 heterocycles. The summed E-state index contributed by atoms with van der Waals surface area (Å²) in [6.45, 7) is 12.7. The van der Waals surface area contributed by atoms with Crippen molar-refractivity contribution in [3.05, 3.63) is 225 Å². The number of aryl methyl sites for hydroxylation is 5. The number of anilines is 4. The number of esters is 1. The molecule has 0 aliphatic carbocycles. The molecule has 65 heavy (non-hydrogen) atoms. The van der Waals surface area contributed by atoms with Gasteiger partial charge in [-0.25, -0.2) is 14.8 Å². The summed E-state index contributed by atoms with van der Waals surface area (Å²) in [6, 6.07) is 49.1. The molecule has 2 N–H and O–H groups in total. The van der Waals surface area contributed by atoms with E-state index < -0.39 is 0 Å². The fraction of sp³-hybridized carbons (Fsp3) is 0.218. The second-order valence-corrected chi connectivity index (χ2v) is 16.2. The third kappa shape index (κ3) is 13.7. The van der Waals surface area contributed by atoms with Crippen LogP contribution in [0.1, 0.15) is 97.6 Å². The first kappa shape index (κ1) is 45.4. The van der Waals surface area contributed by atoms with Crippen LogP contribution < -0.4 is 10.6 Å². The second kappa shape index (κ2) is 22.2. The van der Waals surface area contributed by atoms with E-state index in [0.29, 0.717) is 61.4 Å². The van der Waals surface area contributed by atoms with Crippen LogP contribution in [0.5, 0.6) is 0 Å². The van der Waals surface area contributed by atoms with Crippen molar-refractivity contribution in [3.8, 4) is 0 Å². The fourth-order valence-corrected chi connectivity index (χ4v) is 7.49. The van der Waals surface area contributed by atoms with Gasteiger partial charge in [-0.2, -0.15) is 19.9 Å². The number of ether oxygens (including phenoxy) is 1. The van der Waals surface area contributed by atoms with Gasteiger partial charge >= 0.3 is 5.97 Å². The quantitative estimate of drug-likeness (QED) is 0.0962. The Morgan fingerprint density at radius 1 is 0.462 bits per heavy atom. The SMILES string of the molecule is CCOC(=O)c1ccc(Nc2nc(Cc3cccc(C)c3)nc(Cc3cccc(C)c3)n2)cc1.CCc1ccccc1Nc1nc(Cc2cccc(C)c2)nc(Cc2cccc(C)c2)n1. The van der Waals surface area contributed by atoms with Crippen molar-refractivity contribution in [2.75, 3.05) is 17.2 Å². The Balaban J connectivity index is 0.000000195. The van der Waals surface area contributed by atoms with Crippen LogP contribution in [0.15, 0.2) is 146 Å². The highest BCUT2D eigenvalue weighted by molar-refractivity contribution is 5.89. The van der Waals surface area contributed by atoms with Gasteiger partial charge in [0.15, 0.2) is 0 Å². The van der Waals surface area contributed by atoms with E-state index in [0.717, 1.165) is 40.6 Å². The van der Waals surface area contributed by atoms with Crippen LogP contribution >= 0.6 is 0 Å². The Bertz CT molecular complexity index is 2730. The molecule has 0 atom stereocenters. The van der Waals surface area contributed by atoms with Gasteiger partial charge in [-0.1, -0.05) is 144 Å². The highest BCUT2D eigenvalue weighted by Crippen LogP contribution is 2.22. The van der Waals surface area contributed by atoms with Crippen molar-refractivity contribution in [1.82, 2.24) is 29.9 Å². The lowest BCUT2D eigenvalue weighted by molar-refractivity contribution is 0.0526. The topological polar surface area (TPSA) is 128 Å². The first-order valence-electron chi connectivity index (χ1n) is 22.2. The lowest BCUT2D eigenvalue weighted by Gasteiger charge is -2.12. The first-order chi connectivity index (χ1) is 31.6. The number of nitrogens with one attached hydrogen (secondary N) is 2. The molecule has 0 spiro atoms. The van der Waals surface area contributed by atoms with Crippen LogP contribution in [-0.4, -0.2) is 42.5 Å². The fourth-order valence-electron chi connectivity index (χ4n) is 7.49. The maximum absolute atomic E-state index is 11.9. The molecule has 0 amide bonds. The number of rotatable bonds is 15. The average molecular weight is 861 g/mol. The highest BCUT2D eigenvalue weighted by atomic mass is 16.5. The molecule has 6 aromatic carbocycles. The third-order valence-corrected chi connectivity index (χ3v) is 10.5. The maximum atomic E-state index is 11.9. The predicted molar refractivity (Wildman–Crippen MR) is 260 cm³/mol. The van der Waals surface area contributed by atoms with E-state index in [4.69, 9.17) is 24.7 Å². The molecule has 0 bridgehead atoms. The van der Waals surface area contributed by atoms with Crippen molar-refractivity contribution < 1.29 is 9.53 Å². The van der Waals surface area contributed by atoms with Gasteiger partial charge in [0, 0.05) is 37.1 Å². The summed E-state index contributed by atoms with van der Waals surface area (Å²) in [6.07, 6.45) is 3.52. The summed E-state index contributed by atoms with van der Waals surface area (Å²) < 4.78 is 5.06. The zero-order valence-electron chi connectivity index (χ0n) is 38.1.